The van der Waals surface area contributed by atoms with Gasteiger partial charge in [-0.15, -0.1) is 0 Å². The highest BCUT2D eigenvalue weighted by atomic mass is 16.5. The Hall–Kier alpha value is -3.55. The Kier molecular flexibility index (Phi) is 6.01. The molecule has 0 radical (unpaired) electrons. The molecule has 0 spiro atoms. The van der Waals surface area contributed by atoms with Gasteiger partial charge < -0.3 is 24.3 Å². The van der Waals surface area contributed by atoms with Crippen molar-refractivity contribution in [3.63, 3.8) is 0 Å². The van der Waals surface area contributed by atoms with E-state index >= 15 is 0 Å². The number of carbonyl (C=O) groups is 3. The number of allylic oxidation sites excluding steroid dienone is 1. The molecule has 1 aliphatic heterocycles. The van der Waals surface area contributed by atoms with Crippen LogP contribution in [0.4, 0.5) is 0 Å². The zero-order valence-electron chi connectivity index (χ0n) is 16.0. The Labute approximate surface area is 167 Å². The molecule has 1 atom stereocenters. The number of carboxylic acids is 1. The molecule has 1 unspecified atom stereocenters. The number of benzene rings is 1. The van der Waals surface area contributed by atoms with Gasteiger partial charge >= 0.3 is 5.97 Å². The van der Waals surface area contributed by atoms with Gasteiger partial charge in [0.1, 0.15) is 23.3 Å². The molecule has 3 rings (SSSR count). The minimum atomic E-state index is -1.09. The number of carboxylic acid groups (broad SMARTS) is 1. The lowest BCUT2D eigenvalue weighted by molar-refractivity contribution is -0.142. The van der Waals surface area contributed by atoms with Crippen LogP contribution < -0.4 is 14.8 Å². The maximum atomic E-state index is 12.4. The van der Waals surface area contributed by atoms with Gasteiger partial charge in [0.2, 0.25) is 5.78 Å². The predicted octanol–water partition coefficient (Wildman–Crippen LogP) is 2.89. The number of nitrogens with one attached hydrogen (secondary N) is 1. The number of amides is 1. The van der Waals surface area contributed by atoms with Gasteiger partial charge in [0.25, 0.3) is 5.91 Å². The van der Waals surface area contributed by atoms with E-state index in [1.165, 1.54) is 18.4 Å². The van der Waals surface area contributed by atoms with Crippen LogP contribution in [0.1, 0.15) is 36.4 Å². The first-order valence-electron chi connectivity index (χ1n) is 9.10. The number of carbonyl (C=O) groups excluding carboxylic acids is 2. The lowest BCUT2D eigenvalue weighted by Crippen LogP contribution is -2.43. The topological polar surface area (TPSA) is 115 Å². The summed E-state index contributed by atoms with van der Waals surface area (Å²) < 4.78 is 16.2. The lowest BCUT2D eigenvalue weighted by Gasteiger charge is -2.16. The normalized spacial score (nSPS) is 15.1. The molecule has 8 heteroatoms. The van der Waals surface area contributed by atoms with E-state index in [4.69, 9.17) is 13.9 Å². The standard InChI is InChI=1S/C21H21NO7/c1-12(2)8-16(21(25)26)22-19(23)11-28-14-5-6-15-17(9-14)29-18(20(15)24)10-13-4-3-7-27-13/h3-7,9-10,12,16H,8,11H2,1-2H3,(H,22,23)(H,25,26). The molecular weight excluding hydrogens is 378 g/mol. The molecule has 0 aliphatic carbocycles. The van der Waals surface area contributed by atoms with Crippen LogP contribution in [0.3, 0.4) is 0 Å². The summed E-state index contributed by atoms with van der Waals surface area (Å²) in [6, 6.07) is 7.03. The van der Waals surface area contributed by atoms with E-state index in [-0.39, 0.29) is 24.1 Å². The summed E-state index contributed by atoms with van der Waals surface area (Å²) in [6.45, 7) is 3.39. The lowest BCUT2D eigenvalue weighted by atomic mass is 10.0. The van der Waals surface area contributed by atoms with Gasteiger partial charge in [-0.25, -0.2) is 4.79 Å². The quantitative estimate of drug-likeness (QED) is 0.656. The highest BCUT2D eigenvalue weighted by molar-refractivity contribution is 6.14. The third-order valence-corrected chi connectivity index (χ3v) is 4.17. The van der Waals surface area contributed by atoms with E-state index in [0.29, 0.717) is 29.2 Å². The molecule has 1 amide bonds. The summed E-state index contributed by atoms with van der Waals surface area (Å²) in [5, 5.41) is 11.6. The van der Waals surface area contributed by atoms with Crippen molar-refractivity contribution in [3.8, 4) is 11.5 Å². The van der Waals surface area contributed by atoms with Crippen LogP contribution in [-0.4, -0.2) is 35.4 Å². The van der Waals surface area contributed by atoms with Crippen molar-refractivity contribution in [1.29, 1.82) is 0 Å². The number of furan rings is 1. The van der Waals surface area contributed by atoms with Crippen molar-refractivity contribution in [2.45, 2.75) is 26.3 Å². The van der Waals surface area contributed by atoms with Gasteiger partial charge in [-0.05, 0) is 36.6 Å². The highest BCUT2D eigenvalue weighted by Crippen LogP contribution is 2.34. The molecule has 1 aromatic heterocycles. The Morgan fingerprint density at radius 3 is 2.72 bits per heavy atom. The van der Waals surface area contributed by atoms with Crippen molar-refractivity contribution in [2.24, 2.45) is 5.92 Å². The molecule has 0 fully saturated rings. The molecule has 0 saturated carbocycles. The number of fused-ring (bicyclic) bond motifs is 1. The van der Waals surface area contributed by atoms with E-state index in [1.54, 1.807) is 24.3 Å². The minimum absolute atomic E-state index is 0.118. The minimum Gasteiger partial charge on any atom is -0.484 e. The summed E-state index contributed by atoms with van der Waals surface area (Å²) in [5.41, 5.74) is 0.377. The molecule has 0 bridgehead atoms. The van der Waals surface area contributed by atoms with Crippen LogP contribution in [0.5, 0.6) is 11.5 Å². The first kappa shape index (κ1) is 20.2. The molecule has 1 aliphatic rings. The van der Waals surface area contributed by atoms with Crippen molar-refractivity contribution in [1.82, 2.24) is 5.32 Å². The maximum absolute atomic E-state index is 12.4. The van der Waals surface area contributed by atoms with Crippen LogP contribution in [0, 0.1) is 5.92 Å². The Bertz CT molecular complexity index is 944. The van der Waals surface area contributed by atoms with Crippen LogP contribution in [0.2, 0.25) is 0 Å². The molecule has 0 saturated heterocycles. The fraction of sp³-hybridized carbons (Fsp3) is 0.286. The Balaban J connectivity index is 1.61. The molecule has 8 nitrogen and oxygen atoms in total. The van der Waals surface area contributed by atoms with Gasteiger partial charge in [0.05, 0.1) is 11.8 Å². The number of ketones is 1. The average molecular weight is 399 g/mol. The van der Waals surface area contributed by atoms with Crippen molar-refractivity contribution >= 4 is 23.7 Å². The smallest absolute Gasteiger partial charge is 0.326 e. The van der Waals surface area contributed by atoms with Gasteiger partial charge in [0.15, 0.2) is 12.4 Å². The molecule has 152 valence electrons. The fourth-order valence-corrected chi connectivity index (χ4v) is 2.84. The maximum Gasteiger partial charge on any atom is 0.326 e. The molecule has 2 heterocycles. The van der Waals surface area contributed by atoms with Crippen molar-refractivity contribution in [3.05, 3.63) is 53.7 Å². The molecule has 1 aromatic carbocycles. The largest absolute Gasteiger partial charge is 0.484 e. The number of aliphatic carboxylic acids is 1. The molecule has 2 aromatic rings. The van der Waals surface area contributed by atoms with Crippen LogP contribution in [0.25, 0.3) is 6.08 Å². The number of Topliss-reactive ketones (excluding diaryl/α,β-unsaturated/α-hetero) is 1. The van der Waals surface area contributed by atoms with E-state index in [2.05, 4.69) is 5.32 Å². The van der Waals surface area contributed by atoms with Crippen molar-refractivity contribution < 1.29 is 33.4 Å². The predicted molar refractivity (Wildman–Crippen MR) is 103 cm³/mol. The average Bonchev–Trinajstić information content (AvgIpc) is 3.27. The molecule has 2 N–H and O–H groups in total. The second-order valence-corrected chi connectivity index (χ2v) is 6.99. The summed E-state index contributed by atoms with van der Waals surface area (Å²) >= 11 is 0. The monoisotopic (exact) mass is 399 g/mol. The third kappa shape index (κ3) is 5.04. The van der Waals surface area contributed by atoms with Gasteiger partial charge in [-0.2, -0.15) is 0 Å². The van der Waals surface area contributed by atoms with Crippen molar-refractivity contribution in [2.75, 3.05) is 6.61 Å². The number of ether oxygens (including phenoxy) is 2. The van der Waals surface area contributed by atoms with E-state index < -0.39 is 17.9 Å². The SMILES string of the molecule is CC(C)CC(NC(=O)COc1ccc2c(c1)OC(=Cc1ccco1)C2=O)C(=O)O. The number of rotatable bonds is 8. The van der Waals surface area contributed by atoms with E-state index in [0.717, 1.165) is 0 Å². The first-order valence-corrected chi connectivity index (χ1v) is 9.10. The van der Waals surface area contributed by atoms with Crippen LogP contribution >= 0.6 is 0 Å². The van der Waals surface area contributed by atoms with Gasteiger partial charge in [-0.1, -0.05) is 13.8 Å². The second-order valence-electron chi connectivity index (χ2n) is 6.99. The molecule has 29 heavy (non-hydrogen) atoms. The van der Waals surface area contributed by atoms with E-state index in [9.17, 15) is 19.5 Å². The summed E-state index contributed by atoms with van der Waals surface area (Å²) in [4.78, 5) is 35.6. The zero-order chi connectivity index (χ0) is 21.0. The van der Waals surface area contributed by atoms with Crippen LogP contribution in [0.15, 0.2) is 46.8 Å². The van der Waals surface area contributed by atoms with Gasteiger partial charge in [0, 0.05) is 12.1 Å². The Morgan fingerprint density at radius 1 is 1.28 bits per heavy atom. The van der Waals surface area contributed by atoms with E-state index in [1.807, 2.05) is 13.8 Å². The Morgan fingerprint density at radius 2 is 2.07 bits per heavy atom. The summed E-state index contributed by atoms with van der Waals surface area (Å²) in [6.07, 6.45) is 3.31. The first-order chi connectivity index (χ1) is 13.8. The van der Waals surface area contributed by atoms with Gasteiger partial charge in [-0.3, -0.25) is 9.59 Å². The number of hydrogen-bond acceptors (Lipinski definition) is 6. The second kappa shape index (κ2) is 8.64. The van der Waals surface area contributed by atoms with Crippen LogP contribution in [-0.2, 0) is 9.59 Å². The fourth-order valence-electron chi connectivity index (χ4n) is 2.84. The third-order valence-electron chi connectivity index (χ3n) is 4.17. The molecular formula is C21H21NO7. The summed E-state index contributed by atoms with van der Waals surface area (Å²) in [7, 11) is 0. The number of hydrogen-bond donors (Lipinski definition) is 2. The highest BCUT2D eigenvalue weighted by Gasteiger charge is 2.28. The zero-order valence-corrected chi connectivity index (χ0v) is 16.0. The summed E-state index contributed by atoms with van der Waals surface area (Å²) in [5.74, 6) is -0.547.